The summed E-state index contributed by atoms with van der Waals surface area (Å²) in [5.74, 6) is 0.228. The summed E-state index contributed by atoms with van der Waals surface area (Å²) in [5.41, 5.74) is 1.16. The molecule has 9 heteroatoms. The molecular formula is C19H21N5O3S. The number of amides is 1. The van der Waals surface area contributed by atoms with Gasteiger partial charge in [0.2, 0.25) is 5.91 Å². The predicted molar refractivity (Wildman–Crippen MR) is 108 cm³/mol. The number of anilines is 1. The van der Waals surface area contributed by atoms with Crippen LogP contribution in [0.5, 0.6) is 0 Å². The van der Waals surface area contributed by atoms with Crippen LogP contribution in [0.2, 0.25) is 0 Å². The molecule has 0 saturated heterocycles. The molecule has 0 aliphatic carbocycles. The fraction of sp³-hybridized carbons (Fsp3) is 0.316. The Labute approximate surface area is 167 Å². The molecule has 1 aliphatic rings. The smallest absolute Gasteiger partial charge is 0.339 e. The number of hydrogen-bond donors (Lipinski definition) is 1. The van der Waals surface area contributed by atoms with Gasteiger partial charge in [0.1, 0.15) is 5.82 Å². The second-order valence-electron chi connectivity index (χ2n) is 6.00. The molecule has 28 heavy (non-hydrogen) atoms. The van der Waals surface area contributed by atoms with Crippen LogP contribution >= 0.6 is 11.8 Å². The van der Waals surface area contributed by atoms with E-state index in [4.69, 9.17) is 4.74 Å². The van der Waals surface area contributed by atoms with Gasteiger partial charge in [-0.15, -0.1) is 10.2 Å². The van der Waals surface area contributed by atoms with E-state index in [2.05, 4.69) is 20.5 Å². The molecule has 3 rings (SSSR count). The molecule has 0 bridgehead atoms. The molecular weight excluding hydrogens is 378 g/mol. The Hall–Kier alpha value is -2.94. The first-order chi connectivity index (χ1) is 13.6. The molecule has 0 fully saturated rings. The van der Waals surface area contributed by atoms with Gasteiger partial charge in [-0.2, -0.15) is 0 Å². The Balaban J connectivity index is 1.68. The van der Waals surface area contributed by atoms with E-state index in [0.29, 0.717) is 29.6 Å². The number of carbonyl (C=O) groups is 2. The summed E-state index contributed by atoms with van der Waals surface area (Å²) in [5, 5.41) is 12.0. The molecule has 1 unspecified atom stereocenters. The number of nitrogens with one attached hydrogen (secondary N) is 1. The lowest BCUT2D eigenvalue weighted by molar-refractivity contribution is -0.135. The van der Waals surface area contributed by atoms with Crippen LogP contribution in [0, 0.1) is 0 Å². The van der Waals surface area contributed by atoms with Crippen molar-refractivity contribution in [2.75, 3.05) is 24.7 Å². The summed E-state index contributed by atoms with van der Waals surface area (Å²) < 4.78 is 6.70. The van der Waals surface area contributed by atoms with Crippen molar-refractivity contribution in [1.29, 1.82) is 0 Å². The number of aliphatic imine (C=N–C) groups is 1. The zero-order valence-corrected chi connectivity index (χ0v) is 16.5. The average Bonchev–Trinajstić information content (AvgIpc) is 3.15. The van der Waals surface area contributed by atoms with Crippen molar-refractivity contribution in [1.82, 2.24) is 14.8 Å². The van der Waals surface area contributed by atoms with E-state index in [0.717, 1.165) is 5.69 Å². The molecule has 146 valence electrons. The Morgan fingerprint density at radius 1 is 1.29 bits per heavy atom. The zero-order valence-electron chi connectivity index (χ0n) is 15.7. The number of para-hydroxylation sites is 1. The van der Waals surface area contributed by atoms with Gasteiger partial charge in [-0.25, -0.2) is 4.79 Å². The lowest BCUT2D eigenvalue weighted by Crippen LogP contribution is -2.17. The number of methoxy groups -OCH3 is 1. The standard InChI is InChI=1S/C19H21N5O3S/c1-3-24-17(13-9-14(11-20-10-13)18(26)27-2)22-23-19(24)28-12-16(25)21-15-7-5-4-6-8-15/h4-9,11,13H,3,10,12H2,1-2H3,(H,21,25). The summed E-state index contributed by atoms with van der Waals surface area (Å²) >= 11 is 1.32. The van der Waals surface area contributed by atoms with Gasteiger partial charge in [-0.3, -0.25) is 9.79 Å². The summed E-state index contributed by atoms with van der Waals surface area (Å²) in [7, 11) is 1.34. The van der Waals surface area contributed by atoms with Crippen LogP contribution in [0.3, 0.4) is 0 Å². The summed E-state index contributed by atoms with van der Waals surface area (Å²) in [6.45, 7) is 3.11. The van der Waals surface area contributed by atoms with Gasteiger partial charge in [-0.05, 0) is 19.1 Å². The van der Waals surface area contributed by atoms with Crippen molar-refractivity contribution in [3.63, 3.8) is 0 Å². The van der Waals surface area contributed by atoms with Crippen LogP contribution in [0.4, 0.5) is 5.69 Å². The highest BCUT2D eigenvalue weighted by Gasteiger charge is 2.23. The van der Waals surface area contributed by atoms with Gasteiger partial charge in [0.05, 0.1) is 30.9 Å². The maximum Gasteiger partial charge on any atom is 0.339 e. The zero-order chi connectivity index (χ0) is 19.9. The van der Waals surface area contributed by atoms with Crippen LogP contribution in [0.15, 0.2) is 52.1 Å². The first-order valence-electron chi connectivity index (χ1n) is 8.83. The molecule has 1 aromatic carbocycles. The quantitative estimate of drug-likeness (QED) is 0.567. The first kappa shape index (κ1) is 19.8. The van der Waals surface area contributed by atoms with E-state index in [1.807, 2.05) is 41.8 Å². The lowest BCUT2D eigenvalue weighted by Gasteiger charge is -2.16. The highest BCUT2D eigenvalue weighted by molar-refractivity contribution is 7.99. The van der Waals surface area contributed by atoms with Crippen molar-refractivity contribution in [3.05, 3.63) is 47.8 Å². The van der Waals surface area contributed by atoms with E-state index in [-0.39, 0.29) is 17.6 Å². The van der Waals surface area contributed by atoms with Crippen molar-refractivity contribution < 1.29 is 14.3 Å². The minimum Gasteiger partial charge on any atom is -0.465 e. The molecule has 1 atom stereocenters. The second-order valence-corrected chi connectivity index (χ2v) is 6.94. The van der Waals surface area contributed by atoms with E-state index in [1.165, 1.54) is 25.1 Å². The number of rotatable bonds is 7. The highest BCUT2D eigenvalue weighted by Crippen LogP contribution is 2.25. The molecule has 1 aliphatic heterocycles. The molecule has 0 saturated carbocycles. The normalized spacial score (nSPS) is 15.8. The third-order valence-corrected chi connectivity index (χ3v) is 5.08. The number of esters is 1. The van der Waals surface area contributed by atoms with Crippen LogP contribution in [0.1, 0.15) is 18.7 Å². The van der Waals surface area contributed by atoms with E-state index < -0.39 is 5.97 Å². The minimum atomic E-state index is -0.428. The Kier molecular flexibility index (Phi) is 6.59. The third kappa shape index (κ3) is 4.66. The van der Waals surface area contributed by atoms with Crippen molar-refractivity contribution >= 4 is 35.5 Å². The molecule has 1 amide bonds. The number of carbonyl (C=O) groups excluding carboxylic acids is 2. The van der Waals surface area contributed by atoms with Crippen LogP contribution < -0.4 is 5.32 Å². The average molecular weight is 399 g/mol. The molecule has 8 nitrogen and oxygen atoms in total. The number of ether oxygens (including phenoxy) is 1. The number of benzene rings is 1. The highest BCUT2D eigenvalue weighted by atomic mass is 32.2. The Bertz CT molecular complexity index is 908. The van der Waals surface area contributed by atoms with Gasteiger partial charge < -0.3 is 14.6 Å². The maximum atomic E-state index is 12.2. The molecule has 0 spiro atoms. The number of aromatic nitrogens is 3. The summed E-state index contributed by atoms with van der Waals surface area (Å²) in [4.78, 5) is 28.2. The van der Waals surface area contributed by atoms with Crippen LogP contribution in [-0.2, 0) is 20.9 Å². The SMILES string of the molecule is CCn1c(SCC(=O)Nc2ccccc2)nnc1C1C=C(C(=O)OC)C=NC1. The summed E-state index contributed by atoms with van der Waals surface area (Å²) in [6, 6.07) is 9.30. The Morgan fingerprint density at radius 3 is 2.79 bits per heavy atom. The number of nitrogens with zero attached hydrogens (tertiary/aromatic N) is 4. The monoisotopic (exact) mass is 399 g/mol. The fourth-order valence-corrected chi connectivity index (χ4v) is 3.61. The van der Waals surface area contributed by atoms with Gasteiger partial charge in [0, 0.05) is 18.4 Å². The summed E-state index contributed by atoms with van der Waals surface area (Å²) in [6.07, 6.45) is 3.31. The van der Waals surface area contributed by atoms with Crippen molar-refractivity contribution in [3.8, 4) is 0 Å². The predicted octanol–water partition coefficient (Wildman–Crippen LogP) is 2.30. The van der Waals surface area contributed by atoms with E-state index in [1.54, 1.807) is 6.08 Å². The van der Waals surface area contributed by atoms with Gasteiger partial charge in [0.15, 0.2) is 5.16 Å². The maximum absolute atomic E-state index is 12.2. The molecule has 1 aromatic heterocycles. The lowest BCUT2D eigenvalue weighted by atomic mass is 10.0. The molecule has 0 radical (unpaired) electrons. The fourth-order valence-electron chi connectivity index (χ4n) is 2.80. The number of dihydropyridines is 1. The molecule has 2 aromatic rings. The number of hydrogen-bond acceptors (Lipinski definition) is 7. The van der Waals surface area contributed by atoms with Crippen LogP contribution in [0.25, 0.3) is 0 Å². The van der Waals surface area contributed by atoms with Crippen molar-refractivity contribution in [2.24, 2.45) is 4.99 Å². The van der Waals surface area contributed by atoms with E-state index in [9.17, 15) is 9.59 Å². The topological polar surface area (TPSA) is 98.5 Å². The molecule has 2 heterocycles. The third-order valence-electron chi connectivity index (χ3n) is 4.12. The van der Waals surface area contributed by atoms with E-state index >= 15 is 0 Å². The van der Waals surface area contributed by atoms with Gasteiger partial charge in [-0.1, -0.05) is 36.0 Å². The minimum absolute atomic E-state index is 0.112. The molecule has 1 N–H and O–H groups in total. The number of thioether (sulfide) groups is 1. The van der Waals surface area contributed by atoms with Crippen molar-refractivity contribution in [2.45, 2.75) is 24.5 Å². The largest absolute Gasteiger partial charge is 0.465 e. The Morgan fingerprint density at radius 2 is 2.07 bits per heavy atom. The van der Waals surface area contributed by atoms with Crippen LogP contribution in [-0.4, -0.2) is 52.3 Å². The first-order valence-corrected chi connectivity index (χ1v) is 9.81. The van der Waals surface area contributed by atoms with Gasteiger partial charge >= 0.3 is 5.97 Å². The van der Waals surface area contributed by atoms with Gasteiger partial charge in [0.25, 0.3) is 0 Å². The second kappa shape index (κ2) is 9.32.